The fourth-order valence-corrected chi connectivity index (χ4v) is 2.52. The average molecular weight is 356 g/mol. The highest BCUT2D eigenvalue weighted by atomic mass is 79.9. The van der Waals surface area contributed by atoms with Crippen molar-refractivity contribution in [2.24, 2.45) is 0 Å². The first-order valence-electron chi connectivity index (χ1n) is 5.94. The van der Waals surface area contributed by atoms with Gasteiger partial charge in [0, 0.05) is 9.85 Å². The first kappa shape index (κ1) is 15.2. The molecule has 1 heterocycles. The van der Waals surface area contributed by atoms with Crippen LogP contribution >= 0.6 is 27.3 Å². The quantitative estimate of drug-likeness (QED) is 0.776. The molecule has 0 aliphatic heterocycles. The van der Waals surface area contributed by atoms with E-state index in [9.17, 15) is 4.79 Å². The zero-order chi connectivity index (χ0) is 14.8. The molecule has 0 spiro atoms. The van der Waals surface area contributed by atoms with Crippen LogP contribution in [-0.4, -0.2) is 21.7 Å². The van der Waals surface area contributed by atoms with E-state index >= 15 is 0 Å². The van der Waals surface area contributed by atoms with E-state index < -0.39 is 11.6 Å². The lowest BCUT2D eigenvalue weighted by Gasteiger charge is -2.18. The normalized spacial score (nSPS) is 11.6. The van der Waals surface area contributed by atoms with Gasteiger partial charge in [-0.2, -0.15) is 0 Å². The topological polar surface area (TPSA) is 59.4 Å². The van der Waals surface area contributed by atoms with Crippen LogP contribution in [0.15, 0.2) is 33.6 Å². The van der Waals surface area contributed by atoms with E-state index in [-0.39, 0.29) is 6.61 Å². The number of ether oxygens (including phenoxy) is 1. The van der Waals surface area contributed by atoms with Gasteiger partial charge in [0.2, 0.25) is 0 Å². The van der Waals surface area contributed by atoms with Crippen molar-refractivity contribution < 1.29 is 14.6 Å². The zero-order valence-electron chi connectivity index (χ0n) is 11.1. The van der Waals surface area contributed by atoms with Crippen molar-refractivity contribution >= 4 is 33.2 Å². The number of aliphatic carboxylic acids is 1. The second-order valence-electron chi connectivity index (χ2n) is 4.78. The van der Waals surface area contributed by atoms with E-state index in [1.165, 1.54) is 40.1 Å². The third-order valence-corrected chi connectivity index (χ3v) is 4.15. The predicted molar refractivity (Wildman–Crippen MR) is 80.4 cm³/mol. The highest BCUT2D eigenvalue weighted by Crippen LogP contribution is 2.20. The van der Waals surface area contributed by atoms with Crippen molar-refractivity contribution in [2.45, 2.75) is 26.1 Å². The second-order valence-corrected chi connectivity index (χ2v) is 6.35. The molecule has 0 amide bonds. The molecular formula is C14H14BrNO3S. The van der Waals surface area contributed by atoms with Crippen LogP contribution in [0.5, 0.6) is 0 Å². The minimum atomic E-state index is -1.15. The Labute approximate surface area is 128 Å². The number of hydrogen-bond acceptors (Lipinski definition) is 4. The summed E-state index contributed by atoms with van der Waals surface area (Å²) in [7, 11) is 0. The van der Waals surface area contributed by atoms with E-state index in [4.69, 9.17) is 9.84 Å². The molecule has 6 heteroatoms. The summed E-state index contributed by atoms with van der Waals surface area (Å²) in [6, 6.07) is 6.34. The minimum Gasteiger partial charge on any atom is -0.479 e. The third kappa shape index (κ3) is 3.45. The van der Waals surface area contributed by atoms with Gasteiger partial charge in [-0.25, -0.2) is 9.78 Å². The molecule has 0 atom stereocenters. The molecule has 0 saturated heterocycles. The van der Waals surface area contributed by atoms with Gasteiger partial charge in [0.05, 0.1) is 17.8 Å². The Hall–Kier alpha value is -1.24. The SMILES string of the molecule is Brc1cc2ccc1=2.CC(C)(OCc1cscn1)C(=O)O. The Kier molecular flexibility index (Phi) is 4.57. The molecule has 3 rings (SSSR count). The van der Waals surface area contributed by atoms with Crippen molar-refractivity contribution in [2.75, 3.05) is 0 Å². The maximum Gasteiger partial charge on any atom is 0.335 e. The maximum atomic E-state index is 10.6. The monoisotopic (exact) mass is 355 g/mol. The Morgan fingerprint density at radius 3 is 2.55 bits per heavy atom. The van der Waals surface area contributed by atoms with Crippen LogP contribution < -0.4 is 0 Å². The van der Waals surface area contributed by atoms with Gasteiger partial charge in [-0.15, -0.1) is 11.3 Å². The number of nitrogens with zero attached hydrogens (tertiary/aromatic N) is 1. The molecule has 4 nitrogen and oxygen atoms in total. The number of rotatable bonds is 4. The lowest BCUT2D eigenvalue weighted by atomic mass is 10.1. The van der Waals surface area contributed by atoms with Crippen LogP contribution in [0.1, 0.15) is 19.5 Å². The molecule has 0 bridgehead atoms. The van der Waals surface area contributed by atoms with Crippen LogP contribution in [0, 0.1) is 10.4 Å². The molecule has 106 valence electrons. The molecule has 1 aromatic rings. The largest absolute Gasteiger partial charge is 0.479 e. The molecule has 0 saturated carbocycles. The average Bonchev–Trinajstić information content (AvgIpc) is 2.87. The standard InChI is InChI=1S/C8H11NO3S.C6H3Br/c1-8(2,7(10)11)12-3-6-4-13-5-9-6;7-6-3-4-1-2-5(4)6/h4-5H,3H2,1-2H3,(H,10,11);1-3H. The van der Waals surface area contributed by atoms with Crippen molar-refractivity contribution in [3.8, 4) is 0 Å². The van der Waals surface area contributed by atoms with E-state index in [0.717, 1.165) is 5.69 Å². The van der Waals surface area contributed by atoms with Gasteiger partial charge < -0.3 is 9.84 Å². The summed E-state index contributed by atoms with van der Waals surface area (Å²) < 4.78 is 6.43. The Morgan fingerprint density at radius 1 is 1.50 bits per heavy atom. The van der Waals surface area contributed by atoms with Crippen LogP contribution in [0.3, 0.4) is 0 Å². The molecule has 0 unspecified atom stereocenters. The first-order chi connectivity index (χ1) is 9.40. The highest BCUT2D eigenvalue weighted by Gasteiger charge is 2.27. The van der Waals surface area contributed by atoms with Crippen molar-refractivity contribution in [1.82, 2.24) is 4.98 Å². The number of carbonyl (C=O) groups is 1. The number of hydrogen-bond donors (Lipinski definition) is 1. The van der Waals surface area contributed by atoms with Crippen LogP contribution in [0.25, 0.3) is 0 Å². The summed E-state index contributed by atoms with van der Waals surface area (Å²) in [4.78, 5) is 14.6. The van der Waals surface area contributed by atoms with E-state index in [1.54, 1.807) is 5.51 Å². The smallest absolute Gasteiger partial charge is 0.335 e. The van der Waals surface area contributed by atoms with Crippen molar-refractivity contribution in [3.63, 3.8) is 0 Å². The second kappa shape index (κ2) is 6.03. The molecule has 0 radical (unpaired) electrons. The van der Waals surface area contributed by atoms with Gasteiger partial charge in [-0.3, -0.25) is 0 Å². The van der Waals surface area contributed by atoms with Crippen LogP contribution in [0.4, 0.5) is 0 Å². The molecular weight excluding hydrogens is 342 g/mol. The number of benzene rings is 1. The fraction of sp³-hybridized carbons (Fsp3) is 0.286. The Morgan fingerprint density at radius 2 is 2.25 bits per heavy atom. The first-order valence-corrected chi connectivity index (χ1v) is 7.68. The summed E-state index contributed by atoms with van der Waals surface area (Å²) >= 11 is 4.83. The molecule has 0 fully saturated rings. The van der Waals surface area contributed by atoms with Crippen LogP contribution in [-0.2, 0) is 16.1 Å². The van der Waals surface area contributed by atoms with Gasteiger partial charge in [-0.05, 0) is 30.4 Å². The van der Waals surface area contributed by atoms with Gasteiger partial charge in [0.1, 0.15) is 0 Å². The highest BCUT2D eigenvalue weighted by molar-refractivity contribution is 9.10. The van der Waals surface area contributed by atoms with Gasteiger partial charge >= 0.3 is 5.97 Å². The molecule has 2 aliphatic rings. The summed E-state index contributed by atoms with van der Waals surface area (Å²) in [6.45, 7) is 3.27. The van der Waals surface area contributed by atoms with E-state index in [0.29, 0.717) is 0 Å². The van der Waals surface area contributed by atoms with Gasteiger partial charge in [0.25, 0.3) is 0 Å². The van der Waals surface area contributed by atoms with E-state index in [1.807, 2.05) is 5.38 Å². The molecule has 1 aromatic heterocycles. The van der Waals surface area contributed by atoms with Gasteiger partial charge in [-0.1, -0.05) is 28.1 Å². The lowest BCUT2D eigenvalue weighted by molar-refractivity contribution is -0.162. The molecule has 2 aliphatic carbocycles. The molecule has 0 aromatic carbocycles. The molecule has 20 heavy (non-hydrogen) atoms. The van der Waals surface area contributed by atoms with Crippen molar-refractivity contribution in [1.29, 1.82) is 0 Å². The number of halogens is 1. The summed E-state index contributed by atoms with van der Waals surface area (Å²) in [6.07, 6.45) is 0. The predicted octanol–water partition coefficient (Wildman–Crippen LogP) is 3.57. The maximum absolute atomic E-state index is 10.6. The van der Waals surface area contributed by atoms with Gasteiger partial charge in [0.15, 0.2) is 5.60 Å². The number of carboxylic acids is 1. The Bertz CT molecular complexity index is 698. The van der Waals surface area contributed by atoms with Crippen molar-refractivity contribution in [3.05, 3.63) is 49.7 Å². The third-order valence-electron chi connectivity index (χ3n) is 2.86. The fourth-order valence-electron chi connectivity index (χ4n) is 1.37. The number of thiazole rings is 1. The minimum absolute atomic E-state index is 0.239. The summed E-state index contributed by atoms with van der Waals surface area (Å²) in [5, 5.41) is 13.3. The molecule has 1 N–H and O–H groups in total. The zero-order valence-corrected chi connectivity index (χ0v) is 13.5. The summed E-state index contributed by atoms with van der Waals surface area (Å²) in [5.41, 5.74) is 1.30. The number of carboxylic acid groups (broad SMARTS) is 1. The van der Waals surface area contributed by atoms with E-state index in [2.05, 4.69) is 39.1 Å². The summed E-state index contributed by atoms with van der Waals surface area (Å²) in [5.74, 6) is -0.970. The number of aromatic nitrogens is 1. The lowest BCUT2D eigenvalue weighted by Crippen LogP contribution is -2.34. The van der Waals surface area contributed by atoms with Crippen LogP contribution in [0.2, 0.25) is 0 Å². The Balaban J connectivity index is 0.000000173.